The summed E-state index contributed by atoms with van der Waals surface area (Å²) in [5.41, 5.74) is 2.37. The Morgan fingerprint density at radius 3 is 2.95 bits per heavy atom. The number of aromatic nitrogens is 1. The molecule has 3 nitrogen and oxygen atoms in total. The van der Waals surface area contributed by atoms with Crippen LogP contribution >= 0.6 is 0 Å². The molecule has 0 bridgehead atoms. The fourth-order valence-electron chi connectivity index (χ4n) is 3.26. The van der Waals surface area contributed by atoms with E-state index in [9.17, 15) is 0 Å². The van der Waals surface area contributed by atoms with E-state index < -0.39 is 0 Å². The molecule has 2 heterocycles. The summed E-state index contributed by atoms with van der Waals surface area (Å²) in [7, 11) is 0. The fraction of sp³-hybridized carbons (Fsp3) is 0.500. The summed E-state index contributed by atoms with van der Waals surface area (Å²) in [4.78, 5) is 7.40. The van der Waals surface area contributed by atoms with Gasteiger partial charge in [0.05, 0.1) is 5.52 Å². The second-order valence-electron chi connectivity index (χ2n) is 6.06. The molecule has 1 atom stereocenters. The molecular weight excluding hydrogens is 258 g/mol. The lowest BCUT2D eigenvalue weighted by atomic mass is 10.1. The number of fused-ring (bicyclic) bond motifs is 1. The van der Waals surface area contributed by atoms with E-state index in [0.29, 0.717) is 6.04 Å². The largest absolute Gasteiger partial charge is 0.355 e. The van der Waals surface area contributed by atoms with Crippen molar-refractivity contribution < 1.29 is 0 Å². The summed E-state index contributed by atoms with van der Waals surface area (Å²) >= 11 is 0. The smallest absolute Gasteiger partial charge is 0.132 e. The maximum atomic E-state index is 4.93. The highest BCUT2D eigenvalue weighted by Gasteiger charge is 2.19. The van der Waals surface area contributed by atoms with E-state index in [1.165, 1.54) is 23.8 Å². The van der Waals surface area contributed by atoms with Crippen molar-refractivity contribution in [3.05, 3.63) is 35.9 Å². The number of hydrogen-bond donors (Lipinski definition) is 1. The zero-order valence-corrected chi connectivity index (χ0v) is 13.1. The Hall–Kier alpha value is -1.61. The summed E-state index contributed by atoms with van der Waals surface area (Å²) in [5.74, 6) is 1.16. The number of nitrogens with one attached hydrogen (secondary N) is 1. The standard InChI is InChI=1S/C18H25N3/c1-3-11-21(13-16-8-6-10-19-16)18-14(2)12-15-7-4-5-9-17(15)20-18/h4-5,7,9,12,16,19H,3,6,8,10-11,13H2,1-2H3. The number of hydrogen-bond acceptors (Lipinski definition) is 3. The van der Waals surface area contributed by atoms with Gasteiger partial charge in [-0.15, -0.1) is 0 Å². The van der Waals surface area contributed by atoms with E-state index in [2.05, 4.69) is 54.4 Å². The van der Waals surface area contributed by atoms with Gasteiger partial charge in [0.2, 0.25) is 0 Å². The van der Waals surface area contributed by atoms with Crippen molar-refractivity contribution in [1.29, 1.82) is 0 Å². The van der Waals surface area contributed by atoms with E-state index in [4.69, 9.17) is 4.98 Å². The minimum Gasteiger partial charge on any atom is -0.355 e. The van der Waals surface area contributed by atoms with Crippen LogP contribution in [0.4, 0.5) is 5.82 Å². The Labute approximate surface area is 127 Å². The summed E-state index contributed by atoms with van der Waals surface area (Å²) in [6.45, 7) is 7.73. The van der Waals surface area contributed by atoms with E-state index in [1.807, 2.05) is 0 Å². The van der Waals surface area contributed by atoms with Crippen molar-refractivity contribution in [2.24, 2.45) is 0 Å². The maximum absolute atomic E-state index is 4.93. The number of benzene rings is 1. The Morgan fingerprint density at radius 2 is 2.19 bits per heavy atom. The van der Waals surface area contributed by atoms with E-state index in [-0.39, 0.29) is 0 Å². The predicted molar refractivity (Wildman–Crippen MR) is 90.0 cm³/mol. The molecule has 0 radical (unpaired) electrons. The van der Waals surface area contributed by atoms with Crippen molar-refractivity contribution in [2.45, 2.75) is 39.2 Å². The summed E-state index contributed by atoms with van der Waals surface area (Å²) in [6.07, 6.45) is 3.74. The molecule has 2 aromatic rings. The zero-order chi connectivity index (χ0) is 14.7. The Morgan fingerprint density at radius 1 is 1.33 bits per heavy atom. The lowest BCUT2D eigenvalue weighted by molar-refractivity contribution is 0.575. The van der Waals surface area contributed by atoms with Crippen LogP contribution in [0.3, 0.4) is 0 Å². The number of nitrogens with zero attached hydrogens (tertiary/aromatic N) is 2. The third-order valence-electron chi connectivity index (χ3n) is 4.28. The molecule has 1 saturated heterocycles. The quantitative estimate of drug-likeness (QED) is 0.910. The molecule has 0 saturated carbocycles. The molecule has 1 aliphatic heterocycles. The average Bonchev–Trinajstić information content (AvgIpc) is 2.99. The first kappa shape index (κ1) is 14.3. The van der Waals surface area contributed by atoms with E-state index in [0.717, 1.165) is 37.4 Å². The molecule has 1 unspecified atom stereocenters. The van der Waals surface area contributed by atoms with Crippen molar-refractivity contribution in [1.82, 2.24) is 10.3 Å². The van der Waals surface area contributed by atoms with Gasteiger partial charge in [0, 0.05) is 24.5 Å². The molecule has 3 rings (SSSR count). The number of rotatable bonds is 5. The molecule has 1 aromatic heterocycles. The number of anilines is 1. The summed E-state index contributed by atoms with van der Waals surface area (Å²) < 4.78 is 0. The first-order chi connectivity index (χ1) is 10.3. The van der Waals surface area contributed by atoms with Crippen molar-refractivity contribution >= 4 is 16.7 Å². The molecule has 0 amide bonds. The topological polar surface area (TPSA) is 28.2 Å². The molecule has 0 aliphatic carbocycles. The van der Waals surface area contributed by atoms with Gasteiger partial charge in [-0.1, -0.05) is 25.1 Å². The molecule has 21 heavy (non-hydrogen) atoms. The van der Waals surface area contributed by atoms with Gasteiger partial charge in [0.1, 0.15) is 5.82 Å². The van der Waals surface area contributed by atoms with Gasteiger partial charge >= 0.3 is 0 Å². The van der Waals surface area contributed by atoms with Crippen LogP contribution in [-0.4, -0.2) is 30.7 Å². The lowest BCUT2D eigenvalue weighted by Crippen LogP contribution is -2.38. The zero-order valence-electron chi connectivity index (χ0n) is 13.1. The highest BCUT2D eigenvalue weighted by molar-refractivity contribution is 5.81. The van der Waals surface area contributed by atoms with Gasteiger partial charge in [0.25, 0.3) is 0 Å². The van der Waals surface area contributed by atoms with Crippen LogP contribution in [0.15, 0.2) is 30.3 Å². The van der Waals surface area contributed by atoms with Crippen molar-refractivity contribution in [3.8, 4) is 0 Å². The third-order valence-corrected chi connectivity index (χ3v) is 4.28. The number of para-hydroxylation sites is 1. The van der Waals surface area contributed by atoms with Crippen LogP contribution in [0.1, 0.15) is 31.7 Å². The highest BCUT2D eigenvalue weighted by atomic mass is 15.2. The first-order valence-electron chi connectivity index (χ1n) is 8.12. The highest BCUT2D eigenvalue weighted by Crippen LogP contribution is 2.24. The first-order valence-corrected chi connectivity index (χ1v) is 8.12. The molecule has 0 spiro atoms. The average molecular weight is 283 g/mol. The van der Waals surface area contributed by atoms with Crippen molar-refractivity contribution in [2.75, 3.05) is 24.5 Å². The van der Waals surface area contributed by atoms with Crippen LogP contribution in [0.25, 0.3) is 10.9 Å². The normalized spacial score (nSPS) is 18.3. The van der Waals surface area contributed by atoms with Crippen LogP contribution in [0, 0.1) is 6.92 Å². The molecule has 1 N–H and O–H groups in total. The van der Waals surface area contributed by atoms with Crippen LogP contribution in [0.5, 0.6) is 0 Å². The molecule has 112 valence electrons. The minimum absolute atomic E-state index is 0.615. The van der Waals surface area contributed by atoms with Crippen LogP contribution < -0.4 is 10.2 Å². The molecule has 1 aliphatic rings. The number of pyridine rings is 1. The Bertz CT molecular complexity index is 602. The molecule has 1 fully saturated rings. The lowest BCUT2D eigenvalue weighted by Gasteiger charge is -2.28. The summed E-state index contributed by atoms with van der Waals surface area (Å²) in [6, 6.07) is 11.3. The second kappa shape index (κ2) is 6.44. The molecule has 3 heteroatoms. The Kier molecular flexibility index (Phi) is 4.39. The van der Waals surface area contributed by atoms with Gasteiger partial charge in [-0.05, 0) is 50.4 Å². The van der Waals surface area contributed by atoms with Gasteiger partial charge in [-0.2, -0.15) is 0 Å². The molecular formula is C18H25N3. The minimum atomic E-state index is 0.615. The van der Waals surface area contributed by atoms with Crippen molar-refractivity contribution in [3.63, 3.8) is 0 Å². The maximum Gasteiger partial charge on any atom is 0.132 e. The van der Waals surface area contributed by atoms with Gasteiger partial charge in [0.15, 0.2) is 0 Å². The van der Waals surface area contributed by atoms with E-state index in [1.54, 1.807) is 0 Å². The monoisotopic (exact) mass is 283 g/mol. The van der Waals surface area contributed by atoms with Gasteiger partial charge in [-0.25, -0.2) is 4.98 Å². The number of aryl methyl sites for hydroxylation is 1. The second-order valence-corrected chi connectivity index (χ2v) is 6.06. The van der Waals surface area contributed by atoms with E-state index >= 15 is 0 Å². The van der Waals surface area contributed by atoms with Gasteiger partial charge < -0.3 is 10.2 Å². The summed E-state index contributed by atoms with van der Waals surface area (Å²) in [5, 5.41) is 4.83. The Balaban J connectivity index is 1.91. The van der Waals surface area contributed by atoms with Crippen LogP contribution in [0.2, 0.25) is 0 Å². The van der Waals surface area contributed by atoms with Crippen LogP contribution in [-0.2, 0) is 0 Å². The fourth-order valence-corrected chi connectivity index (χ4v) is 3.26. The van der Waals surface area contributed by atoms with Gasteiger partial charge in [-0.3, -0.25) is 0 Å². The SMILES string of the molecule is CCCN(CC1CCCN1)c1nc2ccccc2cc1C. The predicted octanol–water partition coefficient (Wildman–Crippen LogP) is 3.51. The third kappa shape index (κ3) is 3.18. The molecule has 1 aromatic carbocycles.